The van der Waals surface area contributed by atoms with E-state index in [4.69, 9.17) is 9.47 Å². The molecule has 6 nitrogen and oxygen atoms in total. The minimum absolute atomic E-state index is 0. The van der Waals surface area contributed by atoms with Crippen LogP contribution in [0.15, 0.2) is 23.2 Å². The molecule has 0 spiro atoms. The second kappa shape index (κ2) is 15.0. The summed E-state index contributed by atoms with van der Waals surface area (Å²) in [5.41, 5.74) is 1.33. The van der Waals surface area contributed by atoms with Gasteiger partial charge in [-0.05, 0) is 49.5 Å². The Bertz CT molecular complexity index is 571. The number of thioether (sulfide) groups is 1. The summed E-state index contributed by atoms with van der Waals surface area (Å²) in [4.78, 5) is 16.4. The number of unbranched alkanes of at least 4 members (excludes halogenated alkanes) is 1. The number of halogens is 1. The molecule has 26 heavy (non-hydrogen) atoms. The highest BCUT2D eigenvalue weighted by atomic mass is 127. The Hall–Kier alpha value is -1.16. The van der Waals surface area contributed by atoms with Crippen molar-refractivity contribution in [1.29, 1.82) is 0 Å². The minimum Gasteiger partial charge on any atom is -0.496 e. The first-order valence-corrected chi connectivity index (χ1v) is 9.82. The zero-order chi connectivity index (χ0) is 18.5. The maximum absolute atomic E-state index is 11.8. The first kappa shape index (κ1) is 24.8. The standard InChI is InChI=1S/C18H29N3O3S.HI/c1-5-19-18(20-10-6-7-11-25-4)21-13-14-8-9-16(23-2)15(12-14)17(22)24-3;/h8-9,12H,5-7,10-11,13H2,1-4H3,(H2,19,20,21);1H. The van der Waals surface area contributed by atoms with Crippen molar-refractivity contribution < 1.29 is 14.3 Å². The van der Waals surface area contributed by atoms with Crippen LogP contribution in [-0.2, 0) is 11.3 Å². The van der Waals surface area contributed by atoms with Gasteiger partial charge >= 0.3 is 5.97 Å². The van der Waals surface area contributed by atoms with Crippen LogP contribution in [-0.4, -0.2) is 51.2 Å². The van der Waals surface area contributed by atoms with Crippen molar-refractivity contribution in [2.75, 3.05) is 39.3 Å². The second-order valence-electron chi connectivity index (χ2n) is 5.35. The van der Waals surface area contributed by atoms with Crippen molar-refractivity contribution in [2.24, 2.45) is 4.99 Å². The van der Waals surface area contributed by atoms with Gasteiger partial charge in [-0.1, -0.05) is 6.07 Å². The lowest BCUT2D eigenvalue weighted by atomic mass is 10.1. The zero-order valence-electron chi connectivity index (χ0n) is 16.0. The van der Waals surface area contributed by atoms with E-state index in [9.17, 15) is 4.79 Å². The van der Waals surface area contributed by atoms with E-state index in [0.717, 1.165) is 31.0 Å². The summed E-state index contributed by atoms with van der Waals surface area (Å²) in [6, 6.07) is 5.42. The van der Waals surface area contributed by atoms with Crippen LogP contribution in [0.2, 0.25) is 0 Å². The monoisotopic (exact) mass is 495 g/mol. The van der Waals surface area contributed by atoms with Crippen LogP contribution in [0.3, 0.4) is 0 Å². The molecule has 0 amide bonds. The number of hydrogen-bond acceptors (Lipinski definition) is 5. The van der Waals surface area contributed by atoms with Gasteiger partial charge in [-0.15, -0.1) is 24.0 Å². The molecule has 2 N–H and O–H groups in total. The van der Waals surface area contributed by atoms with Gasteiger partial charge in [-0.3, -0.25) is 0 Å². The quantitative estimate of drug-likeness (QED) is 0.171. The number of hydrogen-bond donors (Lipinski definition) is 2. The molecular formula is C18H30IN3O3S. The molecule has 0 saturated heterocycles. The average molecular weight is 495 g/mol. The Morgan fingerprint density at radius 3 is 2.62 bits per heavy atom. The molecule has 0 bridgehead atoms. The van der Waals surface area contributed by atoms with Gasteiger partial charge in [0.2, 0.25) is 0 Å². The number of nitrogens with zero attached hydrogens (tertiary/aromatic N) is 1. The highest BCUT2D eigenvalue weighted by molar-refractivity contribution is 14.0. The van der Waals surface area contributed by atoms with Crippen molar-refractivity contribution in [3.05, 3.63) is 29.3 Å². The van der Waals surface area contributed by atoms with Crippen molar-refractivity contribution in [3.8, 4) is 5.75 Å². The molecule has 1 aromatic carbocycles. The highest BCUT2D eigenvalue weighted by Gasteiger charge is 2.13. The molecule has 1 rings (SSSR count). The second-order valence-corrected chi connectivity index (χ2v) is 6.33. The van der Waals surface area contributed by atoms with Crippen LogP contribution in [0.4, 0.5) is 0 Å². The van der Waals surface area contributed by atoms with E-state index in [1.54, 1.807) is 12.1 Å². The summed E-state index contributed by atoms with van der Waals surface area (Å²) in [5, 5.41) is 6.57. The third-order valence-electron chi connectivity index (χ3n) is 3.50. The SMILES string of the molecule is CCNC(=NCc1ccc(OC)c(C(=O)OC)c1)NCCCCSC.I. The number of rotatable bonds is 10. The Kier molecular flexibility index (Phi) is 14.3. The maximum atomic E-state index is 11.8. The van der Waals surface area contributed by atoms with E-state index in [2.05, 4.69) is 21.9 Å². The molecule has 8 heteroatoms. The van der Waals surface area contributed by atoms with E-state index < -0.39 is 5.97 Å². The topological polar surface area (TPSA) is 72.0 Å². The summed E-state index contributed by atoms with van der Waals surface area (Å²) in [6.45, 7) is 4.19. The van der Waals surface area contributed by atoms with Gasteiger partial charge < -0.3 is 20.1 Å². The summed E-state index contributed by atoms with van der Waals surface area (Å²) in [7, 11) is 2.89. The maximum Gasteiger partial charge on any atom is 0.341 e. The fraction of sp³-hybridized carbons (Fsp3) is 0.556. The van der Waals surface area contributed by atoms with Crippen molar-refractivity contribution in [3.63, 3.8) is 0 Å². The van der Waals surface area contributed by atoms with Gasteiger partial charge in [0, 0.05) is 13.1 Å². The highest BCUT2D eigenvalue weighted by Crippen LogP contribution is 2.21. The Balaban J connectivity index is 0.00000625. The minimum atomic E-state index is -0.415. The van der Waals surface area contributed by atoms with E-state index in [1.165, 1.54) is 26.4 Å². The molecular weight excluding hydrogens is 465 g/mol. The molecule has 0 saturated carbocycles. The van der Waals surface area contributed by atoms with Crippen molar-refractivity contribution >= 4 is 47.7 Å². The van der Waals surface area contributed by atoms with Gasteiger partial charge in [-0.25, -0.2) is 9.79 Å². The normalized spacial score (nSPS) is 10.7. The number of esters is 1. The molecule has 0 heterocycles. The smallest absolute Gasteiger partial charge is 0.341 e. The molecule has 148 valence electrons. The average Bonchev–Trinajstić information content (AvgIpc) is 2.64. The number of guanidine groups is 1. The van der Waals surface area contributed by atoms with Gasteiger partial charge in [0.15, 0.2) is 5.96 Å². The number of carbonyl (C=O) groups excluding carboxylic acids is 1. The van der Waals surface area contributed by atoms with Crippen LogP contribution >= 0.6 is 35.7 Å². The van der Waals surface area contributed by atoms with E-state index in [-0.39, 0.29) is 24.0 Å². The number of ether oxygens (including phenoxy) is 2. The first-order valence-electron chi connectivity index (χ1n) is 8.42. The first-order chi connectivity index (χ1) is 12.2. The lowest BCUT2D eigenvalue weighted by Crippen LogP contribution is -2.37. The summed E-state index contributed by atoms with van der Waals surface area (Å²) in [6.07, 6.45) is 4.42. The third-order valence-corrected chi connectivity index (χ3v) is 4.20. The number of nitrogens with one attached hydrogen (secondary N) is 2. The fourth-order valence-electron chi connectivity index (χ4n) is 2.21. The van der Waals surface area contributed by atoms with Gasteiger partial charge in [-0.2, -0.15) is 11.8 Å². The predicted molar refractivity (Wildman–Crippen MR) is 120 cm³/mol. The molecule has 0 fully saturated rings. The molecule has 0 aliphatic heterocycles. The van der Waals surface area contributed by atoms with Crippen LogP contribution in [0.1, 0.15) is 35.7 Å². The lowest BCUT2D eigenvalue weighted by Gasteiger charge is -2.12. The lowest BCUT2D eigenvalue weighted by molar-refractivity contribution is 0.0597. The van der Waals surface area contributed by atoms with Crippen molar-refractivity contribution in [1.82, 2.24) is 10.6 Å². The molecule has 0 atom stereocenters. The molecule has 0 unspecified atom stereocenters. The third kappa shape index (κ3) is 8.98. The number of aliphatic imine (C=N–C) groups is 1. The largest absolute Gasteiger partial charge is 0.496 e. The van der Waals surface area contributed by atoms with E-state index in [1.807, 2.05) is 24.8 Å². The van der Waals surface area contributed by atoms with E-state index >= 15 is 0 Å². The van der Waals surface area contributed by atoms with Gasteiger partial charge in [0.05, 0.1) is 20.8 Å². The molecule has 0 aliphatic rings. The van der Waals surface area contributed by atoms with Gasteiger partial charge in [0.25, 0.3) is 0 Å². The Labute approximate surface area is 177 Å². The summed E-state index contributed by atoms with van der Waals surface area (Å²) < 4.78 is 10.0. The molecule has 0 aliphatic carbocycles. The molecule has 0 radical (unpaired) electrons. The zero-order valence-corrected chi connectivity index (χ0v) is 19.1. The Morgan fingerprint density at radius 1 is 1.23 bits per heavy atom. The van der Waals surface area contributed by atoms with Crippen molar-refractivity contribution in [2.45, 2.75) is 26.3 Å². The van der Waals surface area contributed by atoms with Crippen LogP contribution in [0.25, 0.3) is 0 Å². The van der Waals surface area contributed by atoms with Crippen LogP contribution < -0.4 is 15.4 Å². The number of carbonyl (C=O) groups is 1. The van der Waals surface area contributed by atoms with Gasteiger partial charge in [0.1, 0.15) is 11.3 Å². The van der Waals surface area contributed by atoms with Crippen LogP contribution in [0.5, 0.6) is 5.75 Å². The summed E-state index contributed by atoms with van der Waals surface area (Å²) in [5.74, 6) is 2.04. The fourth-order valence-corrected chi connectivity index (χ4v) is 2.71. The Morgan fingerprint density at radius 2 is 2.00 bits per heavy atom. The summed E-state index contributed by atoms with van der Waals surface area (Å²) >= 11 is 1.87. The van der Waals surface area contributed by atoms with Crippen LogP contribution in [0, 0.1) is 0 Å². The number of methoxy groups -OCH3 is 2. The van der Waals surface area contributed by atoms with E-state index in [0.29, 0.717) is 17.9 Å². The molecule has 1 aromatic rings. The predicted octanol–water partition coefficient (Wildman–Crippen LogP) is 3.30. The molecule has 0 aromatic heterocycles. The number of benzene rings is 1.